The van der Waals surface area contributed by atoms with Crippen molar-refractivity contribution in [3.63, 3.8) is 0 Å². The maximum Gasteiger partial charge on any atom is 0.179 e. The second-order valence-electron chi connectivity index (χ2n) is 8.19. The number of rotatable bonds is 3. The zero-order valence-electron chi connectivity index (χ0n) is 15.1. The van der Waals surface area contributed by atoms with Crippen LogP contribution in [0.1, 0.15) is 48.8 Å². The van der Waals surface area contributed by atoms with Gasteiger partial charge in [0.2, 0.25) is 0 Å². The molecule has 0 radical (unpaired) electrons. The quantitative estimate of drug-likeness (QED) is 0.800. The van der Waals surface area contributed by atoms with Crippen LogP contribution in [0.3, 0.4) is 0 Å². The molecule has 1 saturated carbocycles. The Morgan fingerprint density at radius 1 is 1.08 bits per heavy atom. The van der Waals surface area contributed by atoms with E-state index in [0.717, 1.165) is 44.1 Å². The van der Waals surface area contributed by atoms with Crippen LogP contribution in [-0.2, 0) is 13.0 Å². The van der Waals surface area contributed by atoms with Gasteiger partial charge in [0.15, 0.2) is 12.0 Å². The first-order valence-corrected chi connectivity index (χ1v) is 9.95. The lowest BCUT2D eigenvalue weighted by Gasteiger charge is -2.34. The summed E-state index contributed by atoms with van der Waals surface area (Å²) < 4.78 is 2.16. The maximum absolute atomic E-state index is 9.23. The van der Waals surface area contributed by atoms with Gasteiger partial charge in [-0.1, -0.05) is 30.3 Å². The van der Waals surface area contributed by atoms with Crippen LogP contribution in [0.4, 0.5) is 0 Å². The number of hydrogen-bond acceptors (Lipinski definition) is 4. The molecule has 2 bridgehead atoms. The average Bonchev–Trinajstić information content (AvgIpc) is 3.19. The lowest BCUT2D eigenvalue weighted by atomic mass is 9.82. The van der Waals surface area contributed by atoms with Gasteiger partial charge < -0.3 is 4.90 Å². The lowest BCUT2D eigenvalue weighted by Crippen LogP contribution is -2.40. The molecule has 3 heterocycles. The van der Waals surface area contributed by atoms with E-state index in [4.69, 9.17) is 10.1 Å². The van der Waals surface area contributed by atoms with Crippen molar-refractivity contribution in [1.29, 1.82) is 5.26 Å². The van der Waals surface area contributed by atoms with Gasteiger partial charge in [0.1, 0.15) is 5.82 Å². The van der Waals surface area contributed by atoms with Gasteiger partial charge in [-0.2, -0.15) is 10.4 Å². The Kier molecular flexibility index (Phi) is 3.92. The van der Waals surface area contributed by atoms with Crippen LogP contribution in [0.25, 0.3) is 0 Å². The average molecular weight is 347 g/mol. The molecule has 1 saturated heterocycles. The molecule has 5 rings (SSSR count). The number of nitrogens with zero attached hydrogens (tertiary/aromatic N) is 5. The Labute approximate surface area is 154 Å². The summed E-state index contributed by atoms with van der Waals surface area (Å²) in [5, 5.41) is 14.1. The van der Waals surface area contributed by atoms with E-state index in [-0.39, 0.29) is 0 Å². The molecule has 1 aromatic carbocycles. The van der Waals surface area contributed by atoms with Crippen molar-refractivity contribution in [3.05, 3.63) is 47.5 Å². The number of likely N-dealkylation sites (tertiary alicyclic amines) is 1. The molecule has 0 spiro atoms. The van der Waals surface area contributed by atoms with Gasteiger partial charge in [0.05, 0.1) is 0 Å². The lowest BCUT2D eigenvalue weighted by molar-refractivity contribution is 0.154. The normalized spacial score (nSPS) is 30.0. The van der Waals surface area contributed by atoms with Gasteiger partial charge in [-0.05, 0) is 49.0 Å². The van der Waals surface area contributed by atoms with Gasteiger partial charge in [0.25, 0.3) is 0 Å². The summed E-state index contributed by atoms with van der Waals surface area (Å²) in [5.74, 6) is 4.48. The molecular weight excluding hydrogens is 322 g/mol. The highest BCUT2D eigenvalue weighted by Gasteiger charge is 2.42. The van der Waals surface area contributed by atoms with E-state index in [2.05, 4.69) is 41.2 Å². The standard InChI is InChI=1S/C21H25N5/c22-14-25-12-16-8-9-17(13-25)19(16)11-20-23-21-18(7-4-10-26(21)24-20)15-5-2-1-3-6-15/h1-3,5-6,16-19H,4,7-13H2/t16-,17+,18?,19?. The molecule has 5 heteroatoms. The van der Waals surface area contributed by atoms with Crippen molar-refractivity contribution < 1.29 is 0 Å². The molecule has 4 atom stereocenters. The molecular formula is C21H25N5. The molecule has 0 amide bonds. The Hall–Kier alpha value is -2.35. The third-order valence-electron chi connectivity index (χ3n) is 6.71. The van der Waals surface area contributed by atoms with Crippen molar-refractivity contribution in [2.45, 2.75) is 44.6 Å². The van der Waals surface area contributed by atoms with Gasteiger partial charge in [-0.15, -0.1) is 0 Å². The number of nitriles is 1. The van der Waals surface area contributed by atoms with Crippen molar-refractivity contribution in [2.75, 3.05) is 13.1 Å². The predicted molar refractivity (Wildman–Crippen MR) is 98.1 cm³/mol. The molecule has 1 aliphatic carbocycles. The van der Waals surface area contributed by atoms with E-state index in [1.807, 2.05) is 4.90 Å². The highest BCUT2D eigenvalue weighted by atomic mass is 15.4. The monoisotopic (exact) mass is 347 g/mol. The van der Waals surface area contributed by atoms with Gasteiger partial charge in [-0.25, -0.2) is 9.67 Å². The second kappa shape index (κ2) is 6.42. The maximum atomic E-state index is 9.23. The molecule has 26 heavy (non-hydrogen) atoms. The van der Waals surface area contributed by atoms with Crippen LogP contribution in [-0.4, -0.2) is 32.8 Å². The first-order valence-electron chi connectivity index (χ1n) is 9.95. The first-order chi connectivity index (χ1) is 12.8. The minimum absolute atomic E-state index is 0.378. The minimum atomic E-state index is 0.378. The summed E-state index contributed by atoms with van der Waals surface area (Å²) in [6, 6.07) is 10.7. The van der Waals surface area contributed by atoms with Gasteiger partial charge >= 0.3 is 0 Å². The zero-order valence-corrected chi connectivity index (χ0v) is 15.1. The van der Waals surface area contributed by atoms with Crippen LogP contribution in [0.5, 0.6) is 0 Å². The summed E-state index contributed by atoms with van der Waals surface area (Å²) in [6.07, 6.45) is 8.18. The Bertz CT molecular complexity index is 807. The number of piperidine rings is 1. The van der Waals surface area contributed by atoms with Crippen LogP contribution >= 0.6 is 0 Å². The van der Waals surface area contributed by atoms with Crippen LogP contribution in [0.15, 0.2) is 30.3 Å². The van der Waals surface area contributed by atoms with E-state index in [0.29, 0.717) is 23.7 Å². The minimum Gasteiger partial charge on any atom is -0.310 e. The fraction of sp³-hybridized carbons (Fsp3) is 0.571. The highest BCUT2D eigenvalue weighted by molar-refractivity contribution is 5.26. The molecule has 3 aliphatic rings. The molecule has 2 aliphatic heterocycles. The van der Waals surface area contributed by atoms with Crippen molar-refractivity contribution in [2.24, 2.45) is 17.8 Å². The number of aryl methyl sites for hydroxylation is 1. The molecule has 5 nitrogen and oxygen atoms in total. The predicted octanol–water partition coefficient (Wildman–Crippen LogP) is 3.19. The Balaban J connectivity index is 1.38. The Morgan fingerprint density at radius 3 is 2.58 bits per heavy atom. The number of benzene rings is 1. The summed E-state index contributed by atoms with van der Waals surface area (Å²) in [5.41, 5.74) is 1.36. The highest BCUT2D eigenvalue weighted by Crippen LogP contribution is 2.43. The topological polar surface area (TPSA) is 57.7 Å². The van der Waals surface area contributed by atoms with Crippen LogP contribution in [0.2, 0.25) is 0 Å². The number of aromatic nitrogens is 3. The summed E-state index contributed by atoms with van der Waals surface area (Å²) >= 11 is 0. The van der Waals surface area contributed by atoms with E-state index in [9.17, 15) is 5.26 Å². The van der Waals surface area contributed by atoms with Crippen LogP contribution < -0.4 is 0 Å². The molecule has 1 aromatic heterocycles. The third kappa shape index (κ3) is 2.68. The summed E-state index contributed by atoms with van der Waals surface area (Å²) in [6.45, 7) is 2.85. The zero-order chi connectivity index (χ0) is 17.5. The second-order valence-corrected chi connectivity index (χ2v) is 8.19. The first kappa shape index (κ1) is 15.9. The SMILES string of the molecule is N#CN1C[C@H]2CC[C@@H](C1)C2Cc1nc2n(n1)CCCC2c1ccccc1. The molecule has 2 aromatic rings. The van der Waals surface area contributed by atoms with E-state index in [1.165, 1.54) is 24.8 Å². The fourth-order valence-corrected chi connectivity index (χ4v) is 5.45. The van der Waals surface area contributed by atoms with Crippen molar-refractivity contribution in [3.8, 4) is 6.19 Å². The van der Waals surface area contributed by atoms with Gasteiger partial charge in [-0.3, -0.25) is 0 Å². The number of hydrogen-bond donors (Lipinski definition) is 0. The third-order valence-corrected chi connectivity index (χ3v) is 6.71. The summed E-state index contributed by atoms with van der Waals surface area (Å²) in [7, 11) is 0. The van der Waals surface area contributed by atoms with E-state index < -0.39 is 0 Å². The largest absolute Gasteiger partial charge is 0.310 e. The molecule has 2 unspecified atom stereocenters. The molecule has 134 valence electrons. The van der Waals surface area contributed by atoms with Crippen molar-refractivity contribution in [1.82, 2.24) is 19.7 Å². The Morgan fingerprint density at radius 2 is 1.85 bits per heavy atom. The van der Waals surface area contributed by atoms with Crippen LogP contribution in [0, 0.1) is 29.2 Å². The summed E-state index contributed by atoms with van der Waals surface area (Å²) in [4.78, 5) is 6.97. The fourth-order valence-electron chi connectivity index (χ4n) is 5.45. The van der Waals surface area contributed by atoms with E-state index in [1.54, 1.807) is 0 Å². The number of fused-ring (bicyclic) bond motifs is 3. The van der Waals surface area contributed by atoms with Crippen molar-refractivity contribution >= 4 is 0 Å². The smallest absolute Gasteiger partial charge is 0.179 e. The van der Waals surface area contributed by atoms with Gasteiger partial charge in [0, 0.05) is 32.0 Å². The molecule has 2 fully saturated rings. The molecule has 0 N–H and O–H groups in total. The van der Waals surface area contributed by atoms with E-state index >= 15 is 0 Å².